The van der Waals surface area contributed by atoms with E-state index in [9.17, 15) is 9.59 Å². The zero-order valence-electron chi connectivity index (χ0n) is 11.7. The van der Waals surface area contributed by atoms with Gasteiger partial charge in [-0.3, -0.25) is 19.8 Å². The molecule has 2 aliphatic rings. The van der Waals surface area contributed by atoms with E-state index in [1.54, 1.807) is 0 Å². The minimum Gasteiger partial charge on any atom is -0.330 e. The van der Waals surface area contributed by atoms with E-state index in [1.165, 1.54) is 11.1 Å². The van der Waals surface area contributed by atoms with E-state index in [0.717, 1.165) is 12.0 Å². The number of nitrogens with zero attached hydrogens (tertiary/aromatic N) is 1. The molecule has 5 nitrogen and oxygen atoms in total. The number of benzene rings is 1. The molecule has 2 heterocycles. The maximum atomic E-state index is 12.0. The molecule has 0 radical (unpaired) electrons. The maximum Gasteiger partial charge on any atom is 0.243 e. The van der Waals surface area contributed by atoms with Crippen LogP contribution in [0.15, 0.2) is 18.2 Å². The molecule has 1 fully saturated rings. The first-order valence-corrected chi connectivity index (χ1v) is 7.71. The molecule has 2 unspecified atom stereocenters. The van der Waals surface area contributed by atoms with Crippen LogP contribution in [0.25, 0.3) is 0 Å². The maximum absolute atomic E-state index is 12.0. The summed E-state index contributed by atoms with van der Waals surface area (Å²) in [5.74, 6) is -0.394. The van der Waals surface area contributed by atoms with Gasteiger partial charge in [-0.1, -0.05) is 18.2 Å². The van der Waals surface area contributed by atoms with Crippen LogP contribution in [0.5, 0.6) is 0 Å². The van der Waals surface area contributed by atoms with Crippen molar-refractivity contribution in [2.75, 3.05) is 6.54 Å². The lowest BCUT2D eigenvalue weighted by molar-refractivity contribution is -0.137. The van der Waals surface area contributed by atoms with Crippen LogP contribution in [0.2, 0.25) is 0 Å². The van der Waals surface area contributed by atoms with Crippen molar-refractivity contribution in [1.29, 1.82) is 0 Å². The van der Waals surface area contributed by atoms with Gasteiger partial charge >= 0.3 is 0 Å². The van der Waals surface area contributed by atoms with Crippen molar-refractivity contribution in [3.63, 3.8) is 0 Å². The number of carbonyl (C=O) groups is 2. The lowest BCUT2D eigenvalue weighted by atomic mass is 10.0. The molecule has 0 aliphatic carbocycles. The Morgan fingerprint density at radius 1 is 1.38 bits per heavy atom. The van der Waals surface area contributed by atoms with Crippen molar-refractivity contribution in [3.05, 3.63) is 34.9 Å². The third kappa shape index (κ3) is 2.71. The SMILES string of the molecule is NCCc1ccc2c(c1)CN(C1CCC(=O)NC1=O)C2S. The highest BCUT2D eigenvalue weighted by Gasteiger charge is 2.38. The molecule has 3 rings (SSSR count). The fraction of sp³-hybridized carbons (Fsp3) is 0.467. The number of imide groups is 1. The van der Waals surface area contributed by atoms with Crippen molar-refractivity contribution < 1.29 is 9.59 Å². The number of fused-ring (bicyclic) bond motifs is 1. The molecule has 1 aromatic carbocycles. The average Bonchev–Trinajstić information content (AvgIpc) is 2.76. The summed E-state index contributed by atoms with van der Waals surface area (Å²) in [6.07, 6.45) is 1.80. The van der Waals surface area contributed by atoms with Gasteiger partial charge in [-0.05, 0) is 36.1 Å². The smallest absolute Gasteiger partial charge is 0.243 e. The summed E-state index contributed by atoms with van der Waals surface area (Å²) < 4.78 is 0. The van der Waals surface area contributed by atoms with Crippen LogP contribution in [-0.2, 0) is 22.6 Å². The van der Waals surface area contributed by atoms with Gasteiger partial charge in [0.05, 0.1) is 11.4 Å². The first-order chi connectivity index (χ1) is 10.1. The Hall–Kier alpha value is -1.37. The molecule has 0 bridgehead atoms. The molecule has 21 heavy (non-hydrogen) atoms. The number of rotatable bonds is 3. The summed E-state index contributed by atoms with van der Waals surface area (Å²) in [6.45, 7) is 1.31. The molecule has 0 spiro atoms. The highest BCUT2D eigenvalue weighted by atomic mass is 32.1. The van der Waals surface area contributed by atoms with Gasteiger partial charge in [-0.15, -0.1) is 0 Å². The van der Waals surface area contributed by atoms with Crippen molar-refractivity contribution in [3.8, 4) is 0 Å². The van der Waals surface area contributed by atoms with E-state index in [-0.39, 0.29) is 23.2 Å². The topological polar surface area (TPSA) is 75.4 Å². The molecule has 0 saturated carbocycles. The van der Waals surface area contributed by atoms with Crippen LogP contribution in [-0.4, -0.2) is 29.3 Å². The molecule has 2 aliphatic heterocycles. The zero-order chi connectivity index (χ0) is 15.0. The molecular formula is C15H19N3O2S. The summed E-state index contributed by atoms with van der Waals surface area (Å²) >= 11 is 4.66. The first-order valence-electron chi connectivity index (χ1n) is 7.19. The molecule has 112 valence electrons. The van der Waals surface area contributed by atoms with Gasteiger partial charge in [-0.25, -0.2) is 0 Å². The molecule has 3 N–H and O–H groups in total. The summed E-state index contributed by atoms with van der Waals surface area (Å²) in [5.41, 5.74) is 9.15. The predicted molar refractivity (Wildman–Crippen MR) is 82.6 cm³/mol. The van der Waals surface area contributed by atoms with E-state index in [0.29, 0.717) is 25.9 Å². The van der Waals surface area contributed by atoms with Crippen molar-refractivity contribution in [2.24, 2.45) is 5.73 Å². The minimum absolute atomic E-state index is 0.101. The molecule has 2 atom stereocenters. The van der Waals surface area contributed by atoms with Gasteiger partial charge in [0, 0.05) is 13.0 Å². The lowest BCUT2D eigenvalue weighted by Gasteiger charge is -2.32. The summed E-state index contributed by atoms with van der Waals surface area (Å²) in [4.78, 5) is 25.4. The van der Waals surface area contributed by atoms with Crippen LogP contribution < -0.4 is 11.1 Å². The quantitative estimate of drug-likeness (QED) is 0.569. The summed E-state index contributed by atoms with van der Waals surface area (Å²) in [6, 6.07) is 6.01. The second kappa shape index (κ2) is 5.79. The van der Waals surface area contributed by atoms with E-state index in [1.807, 2.05) is 0 Å². The zero-order valence-corrected chi connectivity index (χ0v) is 12.6. The highest BCUT2D eigenvalue weighted by molar-refractivity contribution is 7.80. The Balaban J connectivity index is 1.81. The Morgan fingerprint density at radius 3 is 2.90 bits per heavy atom. The van der Waals surface area contributed by atoms with Gasteiger partial charge in [-0.2, -0.15) is 12.6 Å². The number of hydrogen-bond donors (Lipinski definition) is 3. The highest BCUT2D eigenvalue weighted by Crippen LogP contribution is 2.39. The number of nitrogens with one attached hydrogen (secondary N) is 1. The Labute approximate surface area is 129 Å². The van der Waals surface area contributed by atoms with Crippen molar-refractivity contribution in [2.45, 2.75) is 37.2 Å². The Bertz CT molecular complexity index is 590. The van der Waals surface area contributed by atoms with Crippen molar-refractivity contribution >= 4 is 24.4 Å². The van der Waals surface area contributed by atoms with Crippen LogP contribution >= 0.6 is 12.6 Å². The largest absolute Gasteiger partial charge is 0.330 e. The van der Waals surface area contributed by atoms with Crippen LogP contribution in [0.1, 0.15) is 34.9 Å². The number of carbonyl (C=O) groups excluding carboxylic acids is 2. The number of thiol groups is 1. The van der Waals surface area contributed by atoms with Gasteiger partial charge < -0.3 is 5.73 Å². The summed E-state index contributed by atoms with van der Waals surface area (Å²) in [5, 5.41) is 2.31. The van der Waals surface area contributed by atoms with E-state index in [4.69, 9.17) is 5.73 Å². The number of piperidine rings is 1. The van der Waals surface area contributed by atoms with Gasteiger partial charge in [0.15, 0.2) is 0 Å². The molecule has 1 saturated heterocycles. The molecule has 6 heteroatoms. The second-order valence-corrected chi connectivity index (χ2v) is 6.07. The first kappa shape index (κ1) is 14.6. The summed E-state index contributed by atoms with van der Waals surface area (Å²) in [7, 11) is 0. The average molecular weight is 305 g/mol. The minimum atomic E-state index is -0.282. The Kier molecular flexibility index (Phi) is 4.01. The van der Waals surface area contributed by atoms with Gasteiger partial charge in [0.25, 0.3) is 0 Å². The van der Waals surface area contributed by atoms with E-state index < -0.39 is 0 Å². The number of amides is 2. The predicted octanol–water partition coefficient (Wildman–Crippen LogP) is 0.737. The van der Waals surface area contributed by atoms with Crippen LogP contribution in [0, 0.1) is 0 Å². The molecular weight excluding hydrogens is 286 g/mol. The number of hydrogen-bond acceptors (Lipinski definition) is 5. The molecule has 2 amide bonds. The van der Waals surface area contributed by atoms with Crippen molar-refractivity contribution in [1.82, 2.24) is 10.2 Å². The van der Waals surface area contributed by atoms with Crippen LogP contribution in [0.3, 0.4) is 0 Å². The van der Waals surface area contributed by atoms with E-state index in [2.05, 4.69) is 41.0 Å². The fourth-order valence-corrected chi connectivity index (χ4v) is 3.61. The molecule has 1 aromatic rings. The number of nitrogens with two attached hydrogens (primary N) is 1. The fourth-order valence-electron chi connectivity index (χ4n) is 3.11. The lowest BCUT2D eigenvalue weighted by Crippen LogP contribution is -2.51. The van der Waals surface area contributed by atoms with Gasteiger partial charge in [0.1, 0.15) is 0 Å². The Morgan fingerprint density at radius 2 is 2.19 bits per heavy atom. The standard InChI is InChI=1S/C15H19N3O2S/c16-6-5-9-1-2-11-10(7-9)8-18(15(11)21)12-3-4-13(19)17-14(12)20/h1-2,7,12,15,21H,3-6,8,16H2,(H,17,19,20). The van der Waals surface area contributed by atoms with E-state index >= 15 is 0 Å². The normalized spacial score (nSPS) is 25.8. The van der Waals surface area contributed by atoms with Gasteiger partial charge in [0.2, 0.25) is 11.8 Å². The third-order valence-corrected chi connectivity index (χ3v) is 4.77. The van der Waals surface area contributed by atoms with Crippen LogP contribution in [0.4, 0.5) is 0 Å². The second-order valence-electron chi connectivity index (χ2n) is 5.58. The molecule has 0 aromatic heterocycles. The third-order valence-electron chi connectivity index (χ3n) is 4.20. The monoisotopic (exact) mass is 305 g/mol.